The number of rotatable bonds is 8. The molecular formula is C14H31N. The van der Waals surface area contributed by atoms with Crippen molar-refractivity contribution < 1.29 is 0 Å². The summed E-state index contributed by atoms with van der Waals surface area (Å²) in [6.45, 7) is 11.4. The molecule has 0 spiro atoms. The van der Waals surface area contributed by atoms with Crippen LogP contribution in [0.25, 0.3) is 0 Å². The summed E-state index contributed by atoms with van der Waals surface area (Å²) in [6.07, 6.45) is 7.48. The number of hydrogen-bond donors (Lipinski definition) is 1. The van der Waals surface area contributed by atoms with Crippen molar-refractivity contribution in [1.29, 1.82) is 0 Å². The van der Waals surface area contributed by atoms with Gasteiger partial charge in [0.25, 0.3) is 0 Å². The smallest absolute Gasteiger partial charge is 0.0151 e. The van der Waals surface area contributed by atoms with E-state index in [1.165, 1.54) is 25.7 Å². The zero-order valence-electron chi connectivity index (χ0n) is 11.5. The van der Waals surface area contributed by atoms with E-state index < -0.39 is 0 Å². The fourth-order valence-corrected chi connectivity index (χ4v) is 2.21. The summed E-state index contributed by atoms with van der Waals surface area (Å²) >= 11 is 0. The van der Waals surface area contributed by atoms with Gasteiger partial charge in [-0.05, 0) is 31.1 Å². The van der Waals surface area contributed by atoms with Crippen LogP contribution in [0.1, 0.15) is 73.1 Å². The van der Waals surface area contributed by atoms with Crippen molar-refractivity contribution in [3.05, 3.63) is 0 Å². The first kappa shape index (κ1) is 15.0. The molecule has 0 amide bonds. The highest BCUT2D eigenvalue weighted by Crippen LogP contribution is 2.25. The highest BCUT2D eigenvalue weighted by atomic mass is 14.7. The molecule has 1 unspecified atom stereocenters. The van der Waals surface area contributed by atoms with E-state index in [2.05, 4.69) is 34.6 Å². The maximum Gasteiger partial charge on any atom is 0.0151 e. The highest BCUT2D eigenvalue weighted by Gasteiger charge is 2.22. The molecular weight excluding hydrogens is 182 g/mol. The molecule has 0 fully saturated rings. The third-order valence-corrected chi connectivity index (χ3v) is 3.64. The van der Waals surface area contributed by atoms with Crippen molar-refractivity contribution in [3.63, 3.8) is 0 Å². The second kappa shape index (κ2) is 7.27. The van der Waals surface area contributed by atoms with Gasteiger partial charge in [0.15, 0.2) is 0 Å². The van der Waals surface area contributed by atoms with E-state index >= 15 is 0 Å². The van der Waals surface area contributed by atoms with E-state index in [-0.39, 0.29) is 5.54 Å². The Morgan fingerprint density at radius 3 is 1.93 bits per heavy atom. The normalized spacial score (nSPS) is 14.6. The van der Waals surface area contributed by atoms with Crippen LogP contribution in [0.3, 0.4) is 0 Å². The molecule has 0 aromatic carbocycles. The topological polar surface area (TPSA) is 26.0 Å². The highest BCUT2D eigenvalue weighted by molar-refractivity contribution is 4.82. The lowest BCUT2D eigenvalue weighted by Gasteiger charge is -2.30. The first-order valence-corrected chi connectivity index (χ1v) is 6.72. The molecule has 0 aromatic heterocycles. The fraction of sp³-hybridized carbons (Fsp3) is 1.00. The lowest BCUT2D eigenvalue weighted by atomic mass is 9.82. The van der Waals surface area contributed by atoms with Gasteiger partial charge in [-0.3, -0.25) is 0 Å². The van der Waals surface area contributed by atoms with E-state index in [1.807, 2.05) is 0 Å². The summed E-state index contributed by atoms with van der Waals surface area (Å²) < 4.78 is 0. The lowest BCUT2D eigenvalue weighted by molar-refractivity contribution is 0.292. The Bertz CT molecular complexity index is 147. The molecule has 0 aliphatic rings. The van der Waals surface area contributed by atoms with Gasteiger partial charge in [-0.25, -0.2) is 0 Å². The van der Waals surface area contributed by atoms with Crippen LogP contribution in [-0.4, -0.2) is 5.54 Å². The predicted molar refractivity (Wildman–Crippen MR) is 70.0 cm³/mol. The van der Waals surface area contributed by atoms with Crippen LogP contribution in [0.15, 0.2) is 0 Å². The van der Waals surface area contributed by atoms with E-state index in [9.17, 15) is 0 Å². The minimum Gasteiger partial charge on any atom is -0.325 e. The summed E-state index contributed by atoms with van der Waals surface area (Å²) in [5.41, 5.74) is 6.42. The van der Waals surface area contributed by atoms with Gasteiger partial charge < -0.3 is 5.73 Å². The second-order valence-electron chi connectivity index (χ2n) is 5.70. The fourth-order valence-electron chi connectivity index (χ4n) is 2.21. The number of nitrogens with two attached hydrogens (primary N) is 1. The average Bonchev–Trinajstić information content (AvgIpc) is 2.17. The maximum atomic E-state index is 6.33. The third-order valence-electron chi connectivity index (χ3n) is 3.64. The van der Waals surface area contributed by atoms with Crippen LogP contribution in [0.2, 0.25) is 0 Å². The van der Waals surface area contributed by atoms with Gasteiger partial charge >= 0.3 is 0 Å². The minimum atomic E-state index is 0.0945. The summed E-state index contributed by atoms with van der Waals surface area (Å²) in [6, 6.07) is 0. The molecule has 2 N–H and O–H groups in total. The lowest BCUT2D eigenvalue weighted by Crippen LogP contribution is -2.39. The SMILES string of the molecule is CCC(N)(CC)CC(C)CCCC(C)C. The summed E-state index contributed by atoms with van der Waals surface area (Å²) in [5, 5.41) is 0. The van der Waals surface area contributed by atoms with E-state index in [4.69, 9.17) is 5.73 Å². The van der Waals surface area contributed by atoms with E-state index in [1.54, 1.807) is 0 Å². The van der Waals surface area contributed by atoms with Crippen LogP contribution >= 0.6 is 0 Å². The summed E-state index contributed by atoms with van der Waals surface area (Å²) in [7, 11) is 0. The maximum absolute atomic E-state index is 6.33. The van der Waals surface area contributed by atoms with E-state index in [0.717, 1.165) is 24.7 Å². The molecule has 15 heavy (non-hydrogen) atoms. The molecule has 0 saturated heterocycles. The van der Waals surface area contributed by atoms with Crippen molar-refractivity contribution in [2.45, 2.75) is 78.7 Å². The molecule has 0 aliphatic carbocycles. The van der Waals surface area contributed by atoms with Crippen molar-refractivity contribution in [2.75, 3.05) is 0 Å². The van der Waals surface area contributed by atoms with Gasteiger partial charge in [0.1, 0.15) is 0 Å². The van der Waals surface area contributed by atoms with Crippen molar-refractivity contribution in [2.24, 2.45) is 17.6 Å². The summed E-state index contributed by atoms with van der Waals surface area (Å²) in [4.78, 5) is 0. The first-order chi connectivity index (χ1) is 6.93. The van der Waals surface area contributed by atoms with Gasteiger partial charge in [0.2, 0.25) is 0 Å². The monoisotopic (exact) mass is 213 g/mol. The predicted octanol–water partition coefficient (Wildman–Crippen LogP) is 4.36. The van der Waals surface area contributed by atoms with E-state index in [0.29, 0.717) is 0 Å². The van der Waals surface area contributed by atoms with Gasteiger partial charge in [0.05, 0.1) is 0 Å². The molecule has 1 heteroatoms. The zero-order valence-corrected chi connectivity index (χ0v) is 11.5. The van der Waals surface area contributed by atoms with Crippen LogP contribution < -0.4 is 5.73 Å². The zero-order chi connectivity index (χ0) is 11.9. The van der Waals surface area contributed by atoms with Crippen molar-refractivity contribution in [1.82, 2.24) is 0 Å². The standard InChI is InChI=1S/C14H31N/c1-6-14(15,7-2)11-13(5)10-8-9-12(3)4/h12-13H,6-11,15H2,1-5H3. The molecule has 92 valence electrons. The molecule has 0 bridgehead atoms. The molecule has 1 atom stereocenters. The Morgan fingerprint density at radius 2 is 1.53 bits per heavy atom. The van der Waals surface area contributed by atoms with Crippen molar-refractivity contribution in [3.8, 4) is 0 Å². The van der Waals surface area contributed by atoms with Crippen LogP contribution in [0.5, 0.6) is 0 Å². The van der Waals surface area contributed by atoms with Crippen LogP contribution in [0, 0.1) is 11.8 Å². The quantitative estimate of drug-likeness (QED) is 0.637. The van der Waals surface area contributed by atoms with Gasteiger partial charge in [-0.1, -0.05) is 53.9 Å². The Labute approximate surface area is 96.8 Å². The largest absolute Gasteiger partial charge is 0.325 e. The molecule has 0 radical (unpaired) electrons. The molecule has 0 aliphatic heterocycles. The van der Waals surface area contributed by atoms with Gasteiger partial charge in [-0.15, -0.1) is 0 Å². The molecule has 0 saturated carbocycles. The Hall–Kier alpha value is -0.0400. The third kappa shape index (κ3) is 6.94. The summed E-state index contributed by atoms with van der Waals surface area (Å²) in [5.74, 6) is 1.63. The molecule has 0 rings (SSSR count). The average molecular weight is 213 g/mol. The Morgan fingerprint density at radius 1 is 1.00 bits per heavy atom. The van der Waals surface area contributed by atoms with Crippen molar-refractivity contribution >= 4 is 0 Å². The molecule has 0 heterocycles. The molecule has 1 nitrogen and oxygen atoms in total. The van der Waals surface area contributed by atoms with Gasteiger partial charge in [-0.2, -0.15) is 0 Å². The minimum absolute atomic E-state index is 0.0945. The Kier molecular flexibility index (Phi) is 7.25. The van der Waals surface area contributed by atoms with Gasteiger partial charge in [0, 0.05) is 5.54 Å². The second-order valence-corrected chi connectivity index (χ2v) is 5.70. The Balaban J connectivity index is 3.76. The number of hydrogen-bond acceptors (Lipinski definition) is 1. The molecule has 0 aromatic rings. The first-order valence-electron chi connectivity index (χ1n) is 6.72. The van der Waals surface area contributed by atoms with Crippen LogP contribution in [0.4, 0.5) is 0 Å². The van der Waals surface area contributed by atoms with Crippen LogP contribution in [-0.2, 0) is 0 Å².